The SMILES string of the molecule is COC(=O)C[C@@H](c1c(Cc2ccc3c(c2)CCC(C)(C)O3)[nH][nH]c1=O)c1cccc2nccnc12. The number of methoxy groups -OCH3 is 1. The topological polar surface area (TPSA) is 110 Å². The van der Waals surface area contributed by atoms with Crippen LogP contribution in [0, 0.1) is 0 Å². The first-order chi connectivity index (χ1) is 16.8. The van der Waals surface area contributed by atoms with Crippen molar-refractivity contribution in [3.63, 3.8) is 0 Å². The quantitative estimate of drug-likeness (QED) is 0.410. The maximum absolute atomic E-state index is 13.1. The van der Waals surface area contributed by atoms with Gasteiger partial charge in [0.25, 0.3) is 5.56 Å². The number of aryl methyl sites for hydroxylation is 1. The van der Waals surface area contributed by atoms with Crippen LogP contribution in [0.5, 0.6) is 5.75 Å². The van der Waals surface area contributed by atoms with Crippen molar-refractivity contribution in [1.82, 2.24) is 20.2 Å². The van der Waals surface area contributed by atoms with E-state index in [0.717, 1.165) is 41.0 Å². The minimum atomic E-state index is -0.547. The van der Waals surface area contributed by atoms with Gasteiger partial charge < -0.3 is 14.6 Å². The lowest BCUT2D eigenvalue weighted by Crippen LogP contribution is -2.32. The van der Waals surface area contributed by atoms with E-state index >= 15 is 0 Å². The summed E-state index contributed by atoms with van der Waals surface area (Å²) in [6.07, 6.45) is 5.62. The third-order valence-corrected chi connectivity index (χ3v) is 6.64. The molecule has 1 aliphatic heterocycles. The summed E-state index contributed by atoms with van der Waals surface area (Å²) in [5, 5.41) is 5.78. The number of carbonyl (C=O) groups excluding carboxylic acids is 1. The molecule has 1 aliphatic rings. The Morgan fingerprint density at radius 2 is 2.00 bits per heavy atom. The highest BCUT2D eigenvalue weighted by Gasteiger charge is 2.29. The number of para-hydroxylation sites is 1. The van der Waals surface area contributed by atoms with Crippen molar-refractivity contribution in [1.29, 1.82) is 0 Å². The molecule has 1 atom stereocenters. The zero-order valence-electron chi connectivity index (χ0n) is 20.1. The van der Waals surface area contributed by atoms with Crippen LogP contribution in [0.4, 0.5) is 0 Å². The molecule has 8 nitrogen and oxygen atoms in total. The number of carbonyl (C=O) groups is 1. The van der Waals surface area contributed by atoms with E-state index in [1.165, 1.54) is 7.11 Å². The van der Waals surface area contributed by atoms with Gasteiger partial charge in [0.2, 0.25) is 0 Å². The van der Waals surface area contributed by atoms with Gasteiger partial charge in [0.15, 0.2) is 0 Å². The van der Waals surface area contributed by atoms with Gasteiger partial charge in [-0.3, -0.25) is 24.7 Å². The van der Waals surface area contributed by atoms with E-state index < -0.39 is 11.9 Å². The normalized spacial score (nSPS) is 15.3. The molecule has 3 heterocycles. The Morgan fingerprint density at radius 1 is 1.17 bits per heavy atom. The van der Waals surface area contributed by atoms with Crippen LogP contribution in [-0.2, 0) is 22.4 Å². The summed E-state index contributed by atoms with van der Waals surface area (Å²) in [5.74, 6) is -0.0451. The third-order valence-electron chi connectivity index (χ3n) is 6.64. The predicted molar refractivity (Wildman–Crippen MR) is 132 cm³/mol. The standard InChI is InChI=1S/C27H28N4O4/c1-27(2)10-9-17-13-16(7-8-22(17)35-27)14-21-24(26(33)31-30-21)19(15-23(32)34-3)18-5-4-6-20-25(18)29-12-11-28-20/h4-8,11-13,19H,9-10,14-15H2,1-3H3,(H2,30,31,33)/t19-/m1/s1. The summed E-state index contributed by atoms with van der Waals surface area (Å²) in [6, 6.07) is 11.8. The monoisotopic (exact) mass is 472 g/mol. The van der Waals surface area contributed by atoms with Crippen molar-refractivity contribution >= 4 is 17.0 Å². The fourth-order valence-electron chi connectivity index (χ4n) is 4.85. The maximum atomic E-state index is 13.1. The predicted octanol–water partition coefficient (Wildman–Crippen LogP) is 4.04. The maximum Gasteiger partial charge on any atom is 0.306 e. The van der Waals surface area contributed by atoms with Gasteiger partial charge in [-0.1, -0.05) is 24.3 Å². The molecular formula is C27H28N4O4. The summed E-state index contributed by atoms with van der Waals surface area (Å²) >= 11 is 0. The molecule has 8 heteroatoms. The number of hydrogen-bond donors (Lipinski definition) is 2. The number of benzene rings is 2. The number of nitrogens with one attached hydrogen (secondary N) is 2. The first-order valence-corrected chi connectivity index (χ1v) is 11.7. The second-order valence-corrected chi connectivity index (χ2v) is 9.56. The minimum Gasteiger partial charge on any atom is -0.488 e. The van der Waals surface area contributed by atoms with Gasteiger partial charge >= 0.3 is 5.97 Å². The molecule has 2 N–H and O–H groups in total. The molecule has 0 fully saturated rings. The first kappa shape index (κ1) is 22.8. The van der Waals surface area contributed by atoms with Gasteiger partial charge in [0.1, 0.15) is 11.4 Å². The van der Waals surface area contributed by atoms with Crippen LogP contribution in [0.3, 0.4) is 0 Å². The van der Waals surface area contributed by atoms with Crippen LogP contribution in [0.1, 0.15) is 60.6 Å². The highest BCUT2D eigenvalue weighted by Crippen LogP contribution is 2.35. The molecular weight excluding hydrogens is 444 g/mol. The molecule has 0 aliphatic carbocycles. The molecule has 4 aromatic rings. The van der Waals surface area contributed by atoms with Crippen LogP contribution < -0.4 is 10.3 Å². The lowest BCUT2D eigenvalue weighted by atomic mass is 9.86. The average molecular weight is 473 g/mol. The molecule has 2 aromatic heterocycles. The van der Waals surface area contributed by atoms with E-state index in [-0.39, 0.29) is 17.6 Å². The number of nitrogens with zero attached hydrogens (tertiary/aromatic N) is 2. The van der Waals surface area contributed by atoms with E-state index in [1.54, 1.807) is 12.4 Å². The fraction of sp³-hybridized carbons (Fsp3) is 0.333. The van der Waals surface area contributed by atoms with Crippen molar-refractivity contribution in [2.24, 2.45) is 0 Å². The molecule has 0 amide bonds. The summed E-state index contributed by atoms with van der Waals surface area (Å²) in [6.45, 7) is 4.19. The highest BCUT2D eigenvalue weighted by atomic mass is 16.5. The van der Waals surface area contributed by atoms with Crippen molar-refractivity contribution in [2.45, 2.75) is 51.0 Å². The average Bonchev–Trinajstić information content (AvgIpc) is 3.21. The molecule has 0 radical (unpaired) electrons. The molecule has 5 rings (SSSR count). The van der Waals surface area contributed by atoms with E-state index in [9.17, 15) is 9.59 Å². The lowest BCUT2D eigenvalue weighted by molar-refractivity contribution is -0.140. The summed E-state index contributed by atoms with van der Waals surface area (Å²) in [4.78, 5) is 34.4. The second-order valence-electron chi connectivity index (χ2n) is 9.56. The molecule has 0 bridgehead atoms. The largest absolute Gasteiger partial charge is 0.488 e. The summed E-state index contributed by atoms with van der Waals surface area (Å²) < 4.78 is 11.1. The van der Waals surface area contributed by atoms with Crippen LogP contribution in [0.15, 0.2) is 53.6 Å². The van der Waals surface area contributed by atoms with Gasteiger partial charge in [0.05, 0.1) is 24.6 Å². The summed E-state index contributed by atoms with van der Waals surface area (Å²) in [7, 11) is 1.35. The Bertz CT molecular complexity index is 1450. The Hall–Kier alpha value is -3.94. The minimum absolute atomic E-state index is 0.00717. The second kappa shape index (κ2) is 9.02. The van der Waals surface area contributed by atoms with Crippen LogP contribution in [-0.4, -0.2) is 38.8 Å². The zero-order valence-corrected chi connectivity index (χ0v) is 20.1. The Morgan fingerprint density at radius 3 is 2.83 bits per heavy atom. The molecule has 35 heavy (non-hydrogen) atoms. The van der Waals surface area contributed by atoms with Crippen LogP contribution in [0.2, 0.25) is 0 Å². The number of fused-ring (bicyclic) bond motifs is 2. The fourth-order valence-corrected chi connectivity index (χ4v) is 4.85. The zero-order chi connectivity index (χ0) is 24.6. The number of H-pyrrole nitrogens is 2. The Balaban J connectivity index is 1.55. The van der Waals surface area contributed by atoms with Crippen molar-refractivity contribution < 1.29 is 14.3 Å². The van der Waals surface area contributed by atoms with Gasteiger partial charge in [-0.15, -0.1) is 0 Å². The molecule has 0 saturated carbocycles. The highest BCUT2D eigenvalue weighted by molar-refractivity contribution is 5.80. The Kier molecular flexibility index (Phi) is 5.88. The van der Waals surface area contributed by atoms with Gasteiger partial charge in [-0.25, -0.2) is 0 Å². The van der Waals surface area contributed by atoms with E-state index in [0.29, 0.717) is 23.0 Å². The Labute approximate surface area is 202 Å². The van der Waals surface area contributed by atoms with E-state index in [4.69, 9.17) is 9.47 Å². The number of esters is 1. The number of rotatable bonds is 6. The van der Waals surface area contributed by atoms with Gasteiger partial charge in [0, 0.05) is 36.0 Å². The van der Waals surface area contributed by atoms with Crippen molar-refractivity contribution in [3.05, 3.63) is 87.1 Å². The van der Waals surface area contributed by atoms with Gasteiger partial charge in [-0.2, -0.15) is 0 Å². The number of hydrogen-bond acceptors (Lipinski definition) is 6. The smallest absolute Gasteiger partial charge is 0.306 e. The number of aromatic nitrogens is 4. The number of aromatic amines is 2. The molecule has 180 valence electrons. The first-order valence-electron chi connectivity index (χ1n) is 11.7. The van der Waals surface area contributed by atoms with Crippen molar-refractivity contribution in [2.75, 3.05) is 7.11 Å². The van der Waals surface area contributed by atoms with E-state index in [1.807, 2.05) is 30.3 Å². The van der Waals surface area contributed by atoms with Crippen LogP contribution >= 0.6 is 0 Å². The lowest BCUT2D eigenvalue weighted by Gasteiger charge is -2.32. The van der Waals surface area contributed by atoms with Crippen LogP contribution in [0.25, 0.3) is 11.0 Å². The molecule has 0 saturated heterocycles. The number of ether oxygens (including phenoxy) is 2. The van der Waals surface area contributed by atoms with E-state index in [2.05, 4.69) is 40.1 Å². The van der Waals surface area contributed by atoms with Gasteiger partial charge in [-0.05, 0) is 55.5 Å². The molecule has 2 aromatic carbocycles. The molecule has 0 spiro atoms. The van der Waals surface area contributed by atoms with Crippen molar-refractivity contribution in [3.8, 4) is 5.75 Å². The third kappa shape index (κ3) is 4.56. The summed E-state index contributed by atoms with van der Waals surface area (Å²) in [5.41, 5.74) is 5.12. The molecule has 0 unspecified atom stereocenters.